The minimum absolute atomic E-state index is 0.0843. The number of aromatic hydroxyl groups is 2. The molecular weight excluding hydrogens is 612 g/mol. The summed E-state index contributed by atoms with van der Waals surface area (Å²) in [4.78, 5) is 53.9. The monoisotopic (exact) mass is 642 g/mol. The van der Waals surface area contributed by atoms with E-state index in [0.717, 1.165) is 25.3 Å². The molecule has 5 aliphatic rings. The lowest BCUT2D eigenvalue weighted by atomic mass is 9.60. The molecule has 1 saturated heterocycles. The Labute approximate surface area is 259 Å². The molecule has 46 heavy (non-hydrogen) atoms. The molecule has 3 fully saturated rings. The maximum atomic E-state index is 14.0. The van der Waals surface area contributed by atoms with Crippen LogP contribution < -0.4 is 9.47 Å². The highest BCUT2D eigenvalue weighted by atomic mass is 16.6. The Kier molecular flexibility index (Phi) is 6.05. The van der Waals surface area contributed by atoms with Gasteiger partial charge in [-0.15, -0.1) is 0 Å². The predicted octanol–water partition coefficient (Wildman–Crippen LogP) is -0.885. The summed E-state index contributed by atoms with van der Waals surface area (Å²) in [5, 5.41) is 79.2. The van der Waals surface area contributed by atoms with E-state index in [4.69, 9.17) is 18.9 Å². The Morgan fingerprint density at radius 1 is 0.804 bits per heavy atom. The van der Waals surface area contributed by atoms with Crippen LogP contribution in [0, 0.1) is 11.8 Å². The first-order chi connectivity index (χ1) is 21.5. The number of esters is 2. The van der Waals surface area contributed by atoms with Crippen molar-refractivity contribution in [3.05, 3.63) is 35.4 Å². The number of fused-ring (bicyclic) bond motifs is 3. The van der Waals surface area contributed by atoms with Crippen molar-refractivity contribution in [2.75, 3.05) is 7.11 Å². The second kappa shape index (κ2) is 9.17. The van der Waals surface area contributed by atoms with Gasteiger partial charge in [0.05, 0.1) is 13.2 Å². The Morgan fingerprint density at radius 2 is 1.33 bits per heavy atom. The molecule has 3 aliphatic heterocycles. The van der Waals surface area contributed by atoms with E-state index in [1.165, 1.54) is 13.0 Å². The van der Waals surface area contributed by atoms with Gasteiger partial charge in [-0.2, -0.15) is 0 Å². The zero-order valence-electron chi connectivity index (χ0n) is 24.6. The van der Waals surface area contributed by atoms with Crippen LogP contribution in [0.1, 0.15) is 47.4 Å². The van der Waals surface area contributed by atoms with Crippen molar-refractivity contribution in [1.82, 2.24) is 0 Å². The third-order valence-electron chi connectivity index (χ3n) is 10.5. The largest absolute Gasteiger partial charge is 0.506 e. The zero-order valence-corrected chi connectivity index (χ0v) is 24.6. The van der Waals surface area contributed by atoms with Crippen molar-refractivity contribution in [2.24, 2.45) is 11.8 Å². The smallest absolute Gasteiger partial charge is 0.357 e. The highest BCUT2D eigenvalue weighted by Gasteiger charge is 2.82. The summed E-state index contributed by atoms with van der Waals surface area (Å²) in [6.07, 6.45) is -7.24. The molecule has 0 spiro atoms. The number of Topliss-reactive ketones (excluding diaryl/α,β-unsaturated/α-hetero) is 2. The SMILES string of the molecule is COC(=O)[C@@]12Oc3ccc(-c4ccc5c(c4O)C(=O)[C@@]4(O)[C@@H]6C[C@H](C)[C@H](O)[C@@]4(O5)C(=O)O6)c(O)c3C(=O)[C@@]1(O)[C@@H](O)C[C@H](C)[C@@H]2O. The van der Waals surface area contributed by atoms with Crippen LogP contribution >= 0.6 is 0 Å². The van der Waals surface area contributed by atoms with Crippen LogP contribution in [-0.4, -0.2) is 113 Å². The normalized spacial score (nSPS) is 40.4. The minimum atomic E-state index is -3.13. The summed E-state index contributed by atoms with van der Waals surface area (Å²) >= 11 is 0. The molecule has 7 N–H and O–H groups in total. The molecule has 2 aromatic carbocycles. The maximum absolute atomic E-state index is 14.0. The van der Waals surface area contributed by atoms with E-state index in [9.17, 15) is 54.9 Å². The number of phenolic OH excluding ortho intramolecular Hbond substituents is 2. The van der Waals surface area contributed by atoms with Crippen LogP contribution in [0.5, 0.6) is 23.0 Å². The lowest BCUT2D eigenvalue weighted by molar-refractivity contribution is -0.249. The Hall–Kier alpha value is -4.28. The number of aliphatic hydroxyl groups is 5. The van der Waals surface area contributed by atoms with Gasteiger partial charge in [0.1, 0.15) is 52.4 Å². The van der Waals surface area contributed by atoms with Gasteiger partial charge in [-0.1, -0.05) is 13.8 Å². The highest BCUT2D eigenvalue weighted by Crippen LogP contribution is 2.58. The molecule has 15 nitrogen and oxygen atoms in total. The van der Waals surface area contributed by atoms with Gasteiger partial charge in [-0.3, -0.25) is 9.59 Å². The van der Waals surface area contributed by atoms with Crippen molar-refractivity contribution in [3.8, 4) is 34.1 Å². The van der Waals surface area contributed by atoms with Crippen LogP contribution in [-0.2, 0) is 19.1 Å². The van der Waals surface area contributed by atoms with E-state index in [1.54, 1.807) is 6.92 Å². The molecule has 0 unspecified atom stereocenters. The van der Waals surface area contributed by atoms with Crippen molar-refractivity contribution < 1.29 is 73.9 Å². The lowest BCUT2D eigenvalue weighted by Gasteiger charge is -2.55. The van der Waals surface area contributed by atoms with Gasteiger partial charge in [-0.05, 0) is 48.9 Å². The number of carbonyl (C=O) groups excluding carboxylic acids is 4. The first-order valence-electron chi connectivity index (χ1n) is 14.5. The van der Waals surface area contributed by atoms with Crippen LogP contribution in [0.4, 0.5) is 0 Å². The average molecular weight is 643 g/mol. The van der Waals surface area contributed by atoms with Crippen molar-refractivity contribution in [1.29, 1.82) is 0 Å². The van der Waals surface area contributed by atoms with Gasteiger partial charge >= 0.3 is 11.9 Å². The topological polar surface area (TPSA) is 247 Å². The molecular formula is C31H30O15. The molecule has 10 atom stereocenters. The summed E-state index contributed by atoms with van der Waals surface area (Å²) in [6.45, 7) is 3.06. The average Bonchev–Trinajstić information content (AvgIpc) is 3.17. The zero-order chi connectivity index (χ0) is 33.5. The molecule has 2 aromatic rings. The van der Waals surface area contributed by atoms with Crippen molar-refractivity contribution in [3.63, 3.8) is 0 Å². The van der Waals surface area contributed by atoms with E-state index in [0.29, 0.717) is 0 Å². The Balaban J connectivity index is 1.38. The fraction of sp³-hybridized carbons (Fsp3) is 0.484. The van der Waals surface area contributed by atoms with Gasteiger partial charge < -0.3 is 54.7 Å². The first-order valence-corrected chi connectivity index (χ1v) is 14.5. The van der Waals surface area contributed by atoms with Gasteiger partial charge in [0, 0.05) is 11.1 Å². The van der Waals surface area contributed by atoms with Crippen LogP contribution in [0.3, 0.4) is 0 Å². The predicted molar refractivity (Wildman–Crippen MR) is 148 cm³/mol. The van der Waals surface area contributed by atoms with E-state index in [1.807, 2.05) is 0 Å². The van der Waals surface area contributed by atoms with E-state index in [2.05, 4.69) is 0 Å². The number of ether oxygens (including phenoxy) is 4. The van der Waals surface area contributed by atoms with Crippen LogP contribution in [0.25, 0.3) is 11.1 Å². The molecule has 0 amide bonds. The summed E-state index contributed by atoms with van der Waals surface area (Å²) in [5.74, 6) is -9.09. The number of hydrogen-bond acceptors (Lipinski definition) is 15. The number of methoxy groups -OCH3 is 1. The molecule has 0 radical (unpaired) electrons. The van der Waals surface area contributed by atoms with E-state index < -0.39 is 111 Å². The number of rotatable bonds is 2. The summed E-state index contributed by atoms with van der Waals surface area (Å²) in [7, 11) is 0.935. The van der Waals surface area contributed by atoms with Crippen molar-refractivity contribution in [2.45, 2.75) is 73.5 Å². The molecule has 2 saturated carbocycles. The number of ketones is 2. The Bertz CT molecular complexity index is 1770. The summed E-state index contributed by atoms with van der Waals surface area (Å²) in [5.41, 5.74) is -13.0. The molecule has 7 rings (SSSR count). The van der Waals surface area contributed by atoms with Crippen molar-refractivity contribution >= 4 is 23.5 Å². The minimum Gasteiger partial charge on any atom is -0.506 e. The van der Waals surface area contributed by atoms with Crippen LogP contribution in [0.15, 0.2) is 24.3 Å². The third-order valence-corrected chi connectivity index (χ3v) is 10.5. The number of carbonyl (C=O) groups is 4. The number of aliphatic hydroxyl groups excluding tert-OH is 3. The highest BCUT2D eigenvalue weighted by molar-refractivity contribution is 6.16. The standard InChI is InChI=1S/C31H30O15/c1-10-8-16(32)28(41)24(37)18-14(45-30(28,22(10)35)26(39)43-3)6-4-12(20(18)33)13-5-7-15-19(21(13)34)25(38)29(42)17-9-11(2)23(36)31(29,46-15)27(40)44-17/h4-7,10-11,16-17,22-23,32-36,41-42H,8-9H2,1-3H3/t10-,11-,16-,17-,22-,23-,28-,29-,30+,31+/m0/s1. The maximum Gasteiger partial charge on any atom is 0.357 e. The third kappa shape index (κ3) is 3.05. The molecule has 3 heterocycles. The number of benzene rings is 2. The van der Waals surface area contributed by atoms with Gasteiger partial charge in [0.15, 0.2) is 0 Å². The quantitative estimate of drug-likeness (QED) is 0.197. The van der Waals surface area contributed by atoms with E-state index in [-0.39, 0.29) is 29.7 Å². The number of hydrogen-bond donors (Lipinski definition) is 7. The fourth-order valence-corrected chi connectivity index (χ4v) is 7.99. The molecule has 2 aliphatic carbocycles. The molecule has 15 heteroatoms. The molecule has 0 aromatic heterocycles. The van der Waals surface area contributed by atoms with Gasteiger partial charge in [-0.25, -0.2) is 9.59 Å². The molecule has 244 valence electrons. The lowest BCUT2D eigenvalue weighted by Crippen LogP contribution is -2.81. The van der Waals surface area contributed by atoms with Gasteiger partial charge in [0.2, 0.25) is 22.8 Å². The van der Waals surface area contributed by atoms with Crippen LogP contribution in [0.2, 0.25) is 0 Å². The summed E-state index contributed by atoms with van der Waals surface area (Å²) in [6, 6.07) is 4.58. The number of phenols is 2. The fourth-order valence-electron chi connectivity index (χ4n) is 7.99. The summed E-state index contributed by atoms with van der Waals surface area (Å²) < 4.78 is 21.6. The van der Waals surface area contributed by atoms with Gasteiger partial charge in [0.25, 0.3) is 11.2 Å². The second-order valence-electron chi connectivity index (χ2n) is 12.8. The Morgan fingerprint density at radius 3 is 1.89 bits per heavy atom. The molecule has 2 bridgehead atoms. The van der Waals surface area contributed by atoms with E-state index >= 15 is 0 Å². The first kappa shape index (κ1) is 30.4. The second-order valence-corrected chi connectivity index (χ2v) is 12.8.